The van der Waals surface area contributed by atoms with Crippen LogP contribution in [0.3, 0.4) is 0 Å². The second kappa shape index (κ2) is 45.6. The van der Waals surface area contributed by atoms with Crippen LogP contribution in [0.4, 0.5) is 0 Å². The third-order valence-corrected chi connectivity index (χ3v) is 11.6. The summed E-state index contributed by atoms with van der Waals surface area (Å²) in [5, 5.41) is 54.2. The third-order valence-electron chi connectivity index (χ3n) is 11.6. The van der Waals surface area contributed by atoms with Crippen LogP contribution in [0.15, 0.2) is 109 Å². The normalized spacial score (nSPS) is 20.7. The molecule has 7 unspecified atom stereocenters. The molecule has 1 rings (SSSR count). The number of allylic oxidation sites excluding steroid dienone is 17. The average Bonchev–Trinajstić information content (AvgIpc) is 3.32. The van der Waals surface area contributed by atoms with Gasteiger partial charge in [0.25, 0.3) is 0 Å². The Labute approximate surface area is 402 Å². The minimum Gasteiger partial charge on any atom is -0.394 e. The number of aliphatic hydroxyl groups is 5. The van der Waals surface area contributed by atoms with Gasteiger partial charge in [-0.2, -0.15) is 0 Å². The van der Waals surface area contributed by atoms with Crippen molar-refractivity contribution in [3.8, 4) is 0 Å². The standard InChI is InChI=1S/C57H95NO8/c1-3-5-7-9-11-13-15-16-17-18-19-20-21-22-23-24-25-26-27-28-29-30-31-32-33-34-35-36-37-39-41-43-45-47-53(61)58-50(49-65-57-56(64)55(63)54(62)52(48-59)66-57)51(60)46-44-42-40-38-14-12-10-8-6-4-2/h5,7,11,13,16-17,19-20,22-23,25-26,28-29,31-32,44,46,50-52,54-57,59-60,62-64H,3-4,6,8-10,12,14-15,18,21,24,27,30,33-43,45,47-49H2,1-2H3,(H,58,61)/b7-5-,13-11-,17-16-,20-19-,23-22-,26-25-,29-28-,32-31-,46-44+. The Morgan fingerprint density at radius 1 is 0.530 bits per heavy atom. The third kappa shape index (κ3) is 35.1. The van der Waals surface area contributed by atoms with Crippen LogP contribution in [0.25, 0.3) is 0 Å². The summed E-state index contributed by atoms with van der Waals surface area (Å²) in [6.45, 7) is 3.61. The van der Waals surface area contributed by atoms with Gasteiger partial charge < -0.3 is 40.3 Å². The van der Waals surface area contributed by atoms with E-state index in [1.54, 1.807) is 6.08 Å². The monoisotopic (exact) mass is 922 g/mol. The first-order chi connectivity index (χ1) is 32.3. The molecule has 0 aliphatic carbocycles. The fraction of sp³-hybridized carbons (Fsp3) is 0.667. The zero-order chi connectivity index (χ0) is 48.0. The van der Waals surface area contributed by atoms with Crippen LogP contribution in [0.2, 0.25) is 0 Å². The van der Waals surface area contributed by atoms with Gasteiger partial charge in [0.2, 0.25) is 5.91 Å². The number of unbranched alkanes of at least 4 members (excludes halogenated alkanes) is 16. The number of carbonyl (C=O) groups excluding carboxylic acids is 1. The van der Waals surface area contributed by atoms with Crippen molar-refractivity contribution in [2.75, 3.05) is 13.2 Å². The van der Waals surface area contributed by atoms with E-state index in [4.69, 9.17) is 9.47 Å². The van der Waals surface area contributed by atoms with Gasteiger partial charge in [-0.05, 0) is 83.5 Å². The molecular weight excluding hydrogens is 827 g/mol. The van der Waals surface area contributed by atoms with Crippen LogP contribution in [-0.4, -0.2) is 87.5 Å². The fourth-order valence-electron chi connectivity index (χ4n) is 7.46. The van der Waals surface area contributed by atoms with E-state index in [0.29, 0.717) is 6.42 Å². The predicted octanol–water partition coefficient (Wildman–Crippen LogP) is 12.2. The van der Waals surface area contributed by atoms with Crippen molar-refractivity contribution in [2.24, 2.45) is 0 Å². The number of amides is 1. The van der Waals surface area contributed by atoms with Gasteiger partial charge in [0, 0.05) is 6.42 Å². The summed E-state index contributed by atoms with van der Waals surface area (Å²) >= 11 is 0. The molecule has 1 fully saturated rings. The SMILES string of the molecule is CC/C=C\C/C=C\C/C=C\C/C=C\C/C=C\C/C=C\C/C=C\C/C=C\CCCCCCCCCCC(=O)NC(COC1OC(CO)C(O)C(O)C1O)C(O)/C=C/CCCCCCCCCC. The molecule has 0 aromatic carbocycles. The molecule has 1 amide bonds. The zero-order valence-electron chi connectivity index (χ0n) is 41.4. The Kier molecular flexibility index (Phi) is 42.1. The molecule has 0 aromatic rings. The van der Waals surface area contributed by atoms with Crippen LogP contribution >= 0.6 is 0 Å². The summed E-state index contributed by atoms with van der Waals surface area (Å²) in [7, 11) is 0. The highest BCUT2D eigenvalue weighted by Crippen LogP contribution is 2.22. The van der Waals surface area contributed by atoms with Gasteiger partial charge in [-0.15, -0.1) is 0 Å². The van der Waals surface area contributed by atoms with E-state index >= 15 is 0 Å². The minimum absolute atomic E-state index is 0.193. The van der Waals surface area contributed by atoms with E-state index in [2.05, 4.69) is 116 Å². The molecule has 66 heavy (non-hydrogen) atoms. The Hall–Kier alpha value is -3.15. The molecule has 9 nitrogen and oxygen atoms in total. The van der Waals surface area contributed by atoms with Gasteiger partial charge in [-0.25, -0.2) is 0 Å². The van der Waals surface area contributed by atoms with Gasteiger partial charge in [0.05, 0.1) is 25.4 Å². The van der Waals surface area contributed by atoms with Crippen molar-refractivity contribution in [1.82, 2.24) is 5.32 Å². The molecule has 1 aliphatic heterocycles. The summed E-state index contributed by atoms with van der Waals surface area (Å²) < 4.78 is 11.2. The number of rotatable bonds is 42. The lowest BCUT2D eigenvalue weighted by atomic mass is 9.99. The van der Waals surface area contributed by atoms with Crippen molar-refractivity contribution in [2.45, 2.75) is 230 Å². The number of aliphatic hydroxyl groups excluding tert-OH is 5. The van der Waals surface area contributed by atoms with E-state index in [9.17, 15) is 30.3 Å². The zero-order valence-corrected chi connectivity index (χ0v) is 41.4. The summed E-state index contributed by atoms with van der Waals surface area (Å²) in [4.78, 5) is 13.0. The topological polar surface area (TPSA) is 149 Å². The minimum atomic E-state index is -1.57. The molecule has 376 valence electrons. The van der Waals surface area contributed by atoms with Crippen molar-refractivity contribution >= 4 is 5.91 Å². The first kappa shape index (κ1) is 60.9. The molecule has 0 aromatic heterocycles. The summed E-state index contributed by atoms with van der Waals surface area (Å²) in [6.07, 6.45) is 60.1. The van der Waals surface area contributed by atoms with Crippen molar-refractivity contribution in [3.63, 3.8) is 0 Å². The molecule has 7 atom stereocenters. The molecule has 0 spiro atoms. The second-order valence-corrected chi connectivity index (χ2v) is 17.6. The quantitative estimate of drug-likeness (QED) is 0.0262. The van der Waals surface area contributed by atoms with Crippen molar-refractivity contribution in [1.29, 1.82) is 0 Å². The van der Waals surface area contributed by atoms with E-state index in [0.717, 1.165) is 103 Å². The largest absolute Gasteiger partial charge is 0.394 e. The van der Waals surface area contributed by atoms with E-state index < -0.39 is 49.5 Å². The number of ether oxygens (including phenoxy) is 2. The molecule has 6 N–H and O–H groups in total. The van der Waals surface area contributed by atoms with E-state index in [-0.39, 0.29) is 12.5 Å². The predicted molar refractivity (Wildman–Crippen MR) is 276 cm³/mol. The molecule has 0 radical (unpaired) electrons. The molecular formula is C57H95NO8. The first-order valence-electron chi connectivity index (χ1n) is 26.1. The molecule has 1 aliphatic rings. The average molecular weight is 922 g/mol. The fourth-order valence-corrected chi connectivity index (χ4v) is 7.46. The van der Waals surface area contributed by atoms with Crippen LogP contribution in [-0.2, 0) is 14.3 Å². The highest BCUT2D eigenvalue weighted by atomic mass is 16.7. The Morgan fingerprint density at radius 2 is 0.939 bits per heavy atom. The Bertz CT molecular complexity index is 1390. The lowest BCUT2D eigenvalue weighted by Crippen LogP contribution is -2.60. The maximum atomic E-state index is 13.0. The number of hydrogen-bond donors (Lipinski definition) is 6. The van der Waals surface area contributed by atoms with Crippen LogP contribution < -0.4 is 5.32 Å². The maximum Gasteiger partial charge on any atom is 0.220 e. The Balaban J connectivity index is 2.19. The number of hydrogen-bond acceptors (Lipinski definition) is 8. The van der Waals surface area contributed by atoms with Crippen molar-refractivity contribution < 1.29 is 39.8 Å². The van der Waals surface area contributed by atoms with Gasteiger partial charge >= 0.3 is 0 Å². The van der Waals surface area contributed by atoms with Gasteiger partial charge in [0.15, 0.2) is 6.29 Å². The summed E-state index contributed by atoms with van der Waals surface area (Å²) in [6, 6.07) is -0.815. The maximum absolute atomic E-state index is 13.0. The highest BCUT2D eigenvalue weighted by Gasteiger charge is 2.44. The second-order valence-electron chi connectivity index (χ2n) is 17.6. The van der Waals surface area contributed by atoms with Crippen LogP contribution in [0, 0.1) is 0 Å². The van der Waals surface area contributed by atoms with Crippen LogP contribution in [0.5, 0.6) is 0 Å². The molecule has 9 heteroatoms. The Morgan fingerprint density at radius 3 is 1.39 bits per heavy atom. The summed E-state index contributed by atoms with van der Waals surface area (Å²) in [5.41, 5.74) is 0. The first-order valence-corrected chi connectivity index (χ1v) is 26.1. The number of nitrogens with one attached hydrogen (secondary N) is 1. The van der Waals surface area contributed by atoms with E-state index in [1.165, 1.54) is 64.2 Å². The lowest BCUT2D eigenvalue weighted by Gasteiger charge is -2.40. The highest BCUT2D eigenvalue weighted by molar-refractivity contribution is 5.76. The van der Waals surface area contributed by atoms with Gasteiger partial charge in [-0.3, -0.25) is 4.79 Å². The summed E-state index contributed by atoms with van der Waals surface area (Å²) in [5.74, 6) is -0.193. The van der Waals surface area contributed by atoms with Gasteiger partial charge in [0.1, 0.15) is 24.4 Å². The molecule has 0 bridgehead atoms. The number of carbonyl (C=O) groups is 1. The molecule has 1 saturated heterocycles. The lowest BCUT2D eigenvalue weighted by molar-refractivity contribution is -0.302. The molecule has 0 saturated carbocycles. The van der Waals surface area contributed by atoms with Crippen molar-refractivity contribution in [3.05, 3.63) is 109 Å². The van der Waals surface area contributed by atoms with E-state index in [1.807, 2.05) is 6.08 Å². The van der Waals surface area contributed by atoms with Gasteiger partial charge in [-0.1, -0.05) is 207 Å². The molecule has 1 heterocycles. The van der Waals surface area contributed by atoms with Crippen LogP contribution in [0.1, 0.15) is 187 Å². The smallest absolute Gasteiger partial charge is 0.220 e.